The highest BCUT2D eigenvalue weighted by atomic mass is 16.3. The van der Waals surface area contributed by atoms with E-state index in [4.69, 9.17) is 11.5 Å². The van der Waals surface area contributed by atoms with Crippen molar-refractivity contribution in [3.05, 3.63) is 30.3 Å². The number of nitrogens with zero attached hydrogens (tertiary/aromatic N) is 2. The highest BCUT2D eigenvalue weighted by Gasteiger charge is 2.67. The van der Waals surface area contributed by atoms with Crippen LogP contribution in [0.1, 0.15) is 19.3 Å². The molecule has 3 aliphatic carbocycles. The first-order valence-corrected chi connectivity index (χ1v) is 7.45. The fraction of sp³-hybridized carbons (Fsp3) is 0.375. The van der Waals surface area contributed by atoms with Crippen LogP contribution in [0.15, 0.2) is 30.3 Å². The molecule has 5 rings (SSSR count). The van der Waals surface area contributed by atoms with Gasteiger partial charge in [-0.25, -0.2) is 0 Å². The molecule has 0 radical (unpaired) electrons. The summed E-state index contributed by atoms with van der Waals surface area (Å²) in [6, 6.07) is 8.92. The van der Waals surface area contributed by atoms with Crippen LogP contribution < -0.4 is 16.8 Å². The standard InChI is InChI=1S/C16H19N5O/c17-9-15-6-16(7-15,8-15)19-12-5-11(20-21-14(12)18)10-3-1-2-4-13(10)22/h1-5,22H,6-9,17H2,(H2,18,21)(H,19,20). The summed E-state index contributed by atoms with van der Waals surface area (Å²) in [5.41, 5.74) is 14.3. The molecule has 3 saturated carbocycles. The van der Waals surface area contributed by atoms with Gasteiger partial charge >= 0.3 is 0 Å². The summed E-state index contributed by atoms with van der Waals surface area (Å²) >= 11 is 0. The normalized spacial score (nSPS) is 28.6. The zero-order valence-corrected chi connectivity index (χ0v) is 12.2. The average molecular weight is 297 g/mol. The van der Waals surface area contributed by atoms with Crippen molar-refractivity contribution in [2.45, 2.75) is 24.8 Å². The molecule has 22 heavy (non-hydrogen) atoms. The van der Waals surface area contributed by atoms with Crippen LogP contribution in [0.2, 0.25) is 0 Å². The third-order valence-corrected chi connectivity index (χ3v) is 4.98. The van der Waals surface area contributed by atoms with Crippen molar-refractivity contribution in [3.63, 3.8) is 0 Å². The molecule has 6 nitrogen and oxygen atoms in total. The number of phenols is 1. The molecule has 114 valence electrons. The van der Waals surface area contributed by atoms with E-state index in [0.717, 1.165) is 31.5 Å². The Labute approximate surface area is 128 Å². The van der Waals surface area contributed by atoms with Gasteiger partial charge in [-0.1, -0.05) is 12.1 Å². The Balaban J connectivity index is 1.61. The molecule has 6 N–H and O–H groups in total. The maximum atomic E-state index is 9.95. The summed E-state index contributed by atoms with van der Waals surface area (Å²) in [4.78, 5) is 0. The summed E-state index contributed by atoms with van der Waals surface area (Å²) in [7, 11) is 0. The van der Waals surface area contributed by atoms with Crippen LogP contribution in [0, 0.1) is 5.41 Å². The Bertz CT molecular complexity index is 725. The van der Waals surface area contributed by atoms with Crippen LogP contribution in [-0.2, 0) is 0 Å². The number of phenolic OH excluding ortho intramolecular Hbond substituents is 1. The molecule has 6 heteroatoms. The molecular weight excluding hydrogens is 278 g/mol. The first-order chi connectivity index (χ1) is 10.5. The number of aromatic nitrogens is 2. The summed E-state index contributed by atoms with van der Waals surface area (Å²) in [5, 5.41) is 21.6. The van der Waals surface area contributed by atoms with Gasteiger partial charge in [0.25, 0.3) is 0 Å². The molecule has 2 aromatic rings. The number of anilines is 2. The van der Waals surface area contributed by atoms with Gasteiger partial charge in [0.2, 0.25) is 0 Å². The molecule has 0 atom stereocenters. The molecule has 0 amide bonds. The zero-order valence-electron chi connectivity index (χ0n) is 12.2. The van der Waals surface area contributed by atoms with Gasteiger partial charge < -0.3 is 21.9 Å². The van der Waals surface area contributed by atoms with Crippen LogP contribution in [-0.4, -0.2) is 27.4 Å². The van der Waals surface area contributed by atoms with E-state index in [9.17, 15) is 5.11 Å². The third-order valence-electron chi connectivity index (χ3n) is 4.98. The van der Waals surface area contributed by atoms with Gasteiger partial charge in [0.15, 0.2) is 5.82 Å². The Morgan fingerprint density at radius 2 is 1.91 bits per heavy atom. The summed E-state index contributed by atoms with van der Waals surface area (Å²) in [6.45, 7) is 0.754. The van der Waals surface area contributed by atoms with Crippen LogP contribution in [0.25, 0.3) is 11.3 Å². The maximum Gasteiger partial charge on any atom is 0.169 e. The Kier molecular flexibility index (Phi) is 2.62. The Morgan fingerprint density at radius 3 is 2.59 bits per heavy atom. The van der Waals surface area contributed by atoms with Gasteiger partial charge in [-0.2, -0.15) is 0 Å². The SMILES string of the molecule is NCC12CC(Nc3cc(-c4ccccc4O)nnc3N)(C1)C2. The predicted molar refractivity (Wildman–Crippen MR) is 85.2 cm³/mol. The van der Waals surface area contributed by atoms with Gasteiger partial charge in [-0.05, 0) is 49.4 Å². The first-order valence-electron chi connectivity index (χ1n) is 7.45. The molecule has 3 aliphatic rings. The van der Waals surface area contributed by atoms with E-state index in [2.05, 4.69) is 15.5 Å². The topological polar surface area (TPSA) is 110 Å². The molecule has 0 aliphatic heterocycles. The van der Waals surface area contributed by atoms with Crippen molar-refractivity contribution in [2.75, 3.05) is 17.6 Å². The van der Waals surface area contributed by atoms with Gasteiger partial charge in [-0.3, -0.25) is 0 Å². The van der Waals surface area contributed by atoms with Gasteiger partial charge in [0.05, 0.1) is 11.4 Å². The van der Waals surface area contributed by atoms with E-state index in [0.29, 0.717) is 22.5 Å². The second kappa shape index (κ2) is 4.33. The molecular formula is C16H19N5O. The number of benzene rings is 1. The van der Waals surface area contributed by atoms with E-state index in [1.165, 1.54) is 0 Å². The molecule has 1 heterocycles. The summed E-state index contributed by atoms with van der Waals surface area (Å²) < 4.78 is 0. The number of nitrogen functional groups attached to an aromatic ring is 1. The largest absolute Gasteiger partial charge is 0.507 e. The quantitative estimate of drug-likeness (QED) is 0.684. The second-order valence-electron chi connectivity index (χ2n) is 6.69. The minimum Gasteiger partial charge on any atom is -0.507 e. The van der Waals surface area contributed by atoms with Crippen LogP contribution >= 0.6 is 0 Å². The smallest absolute Gasteiger partial charge is 0.169 e. The average Bonchev–Trinajstić information content (AvgIpc) is 2.44. The van der Waals surface area contributed by atoms with Gasteiger partial charge in [-0.15, -0.1) is 10.2 Å². The maximum absolute atomic E-state index is 9.95. The summed E-state index contributed by atoms with van der Waals surface area (Å²) in [5.74, 6) is 0.561. The lowest BCUT2D eigenvalue weighted by atomic mass is 9.39. The molecule has 0 saturated heterocycles. The number of nitrogens with one attached hydrogen (secondary N) is 1. The lowest BCUT2D eigenvalue weighted by Gasteiger charge is -2.71. The van der Waals surface area contributed by atoms with E-state index in [1.54, 1.807) is 12.1 Å². The molecule has 0 unspecified atom stereocenters. The van der Waals surface area contributed by atoms with Crippen LogP contribution in [0.5, 0.6) is 5.75 Å². The van der Waals surface area contributed by atoms with Crippen molar-refractivity contribution < 1.29 is 5.11 Å². The lowest BCUT2D eigenvalue weighted by Crippen LogP contribution is -2.73. The second-order valence-corrected chi connectivity index (χ2v) is 6.69. The first kappa shape index (κ1) is 13.3. The monoisotopic (exact) mass is 297 g/mol. The van der Waals surface area contributed by atoms with Crippen LogP contribution in [0.4, 0.5) is 11.5 Å². The minimum absolute atomic E-state index is 0.118. The van der Waals surface area contributed by atoms with Crippen LogP contribution in [0.3, 0.4) is 0 Å². The number of hydrogen-bond donors (Lipinski definition) is 4. The molecule has 1 aromatic carbocycles. The number of aromatic hydroxyl groups is 1. The highest BCUT2D eigenvalue weighted by Crippen LogP contribution is 2.67. The Hall–Kier alpha value is -2.34. The van der Waals surface area contributed by atoms with E-state index < -0.39 is 0 Å². The predicted octanol–water partition coefficient (Wildman–Crippen LogP) is 1.72. The van der Waals surface area contributed by atoms with Crippen molar-refractivity contribution in [1.29, 1.82) is 0 Å². The minimum atomic E-state index is 0.118. The zero-order chi connectivity index (χ0) is 15.4. The summed E-state index contributed by atoms with van der Waals surface area (Å²) in [6.07, 6.45) is 3.26. The lowest BCUT2D eigenvalue weighted by molar-refractivity contribution is -0.107. The fourth-order valence-electron chi connectivity index (χ4n) is 3.96. The molecule has 0 spiro atoms. The third kappa shape index (κ3) is 1.84. The number of nitrogens with two attached hydrogens (primary N) is 2. The van der Waals surface area contributed by atoms with Gasteiger partial charge in [0, 0.05) is 11.1 Å². The fourth-order valence-corrected chi connectivity index (χ4v) is 3.96. The number of para-hydroxylation sites is 1. The van der Waals surface area contributed by atoms with E-state index in [-0.39, 0.29) is 11.3 Å². The van der Waals surface area contributed by atoms with Crippen molar-refractivity contribution >= 4 is 11.5 Å². The van der Waals surface area contributed by atoms with Crippen molar-refractivity contribution in [1.82, 2.24) is 10.2 Å². The van der Waals surface area contributed by atoms with Crippen molar-refractivity contribution in [3.8, 4) is 17.0 Å². The Morgan fingerprint density at radius 1 is 1.18 bits per heavy atom. The molecule has 2 bridgehead atoms. The van der Waals surface area contributed by atoms with E-state index in [1.807, 2.05) is 18.2 Å². The number of hydrogen-bond acceptors (Lipinski definition) is 6. The van der Waals surface area contributed by atoms with Crippen molar-refractivity contribution in [2.24, 2.45) is 11.1 Å². The molecule has 3 fully saturated rings. The molecule has 1 aromatic heterocycles. The van der Waals surface area contributed by atoms with E-state index >= 15 is 0 Å². The number of rotatable bonds is 4. The van der Waals surface area contributed by atoms with Gasteiger partial charge in [0.1, 0.15) is 5.75 Å². The highest BCUT2D eigenvalue weighted by molar-refractivity contribution is 5.74.